The van der Waals surface area contributed by atoms with Gasteiger partial charge in [0, 0.05) is 13.1 Å². The van der Waals surface area contributed by atoms with Crippen LogP contribution in [0.15, 0.2) is 53.4 Å². The fraction of sp³-hybridized carbons (Fsp3) is 0.250. The number of nitrogens with zero attached hydrogens (tertiary/aromatic N) is 2. The Balaban J connectivity index is 1.58. The van der Waals surface area contributed by atoms with Crippen molar-refractivity contribution in [2.24, 2.45) is 0 Å². The molecule has 1 heterocycles. The first kappa shape index (κ1) is 21.9. The number of carbonyl (C=O) groups is 2. The standard InChI is InChI=1S/C20H21N3O5S2/c1-3-23(4-2)30(26,27)15-11-9-14(10-12-15)19(25)28-13-18(24)22-20-21-16-7-5-6-8-17(16)29-20/h5-12H,3-4,13H2,1-2H3,(H,21,22,24). The number of ether oxygens (including phenoxy) is 1. The highest BCUT2D eigenvalue weighted by molar-refractivity contribution is 7.89. The van der Waals surface area contributed by atoms with Gasteiger partial charge in [-0.15, -0.1) is 0 Å². The second kappa shape index (κ2) is 9.33. The van der Waals surface area contributed by atoms with Crippen LogP contribution in [0.4, 0.5) is 5.13 Å². The Labute approximate surface area is 178 Å². The zero-order valence-electron chi connectivity index (χ0n) is 16.5. The van der Waals surface area contributed by atoms with Gasteiger partial charge in [-0.05, 0) is 36.4 Å². The summed E-state index contributed by atoms with van der Waals surface area (Å²) in [6, 6.07) is 12.9. The average molecular weight is 448 g/mol. The minimum atomic E-state index is -3.60. The summed E-state index contributed by atoms with van der Waals surface area (Å²) in [4.78, 5) is 28.6. The maximum absolute atomic E-state index is 12.5. The number of thiazole rings is 1. The summed E-state index contributed by atoms with van der Waals surface area (Å²) in [7, 11) is -3.60. The zero-order valence-corrected chi connectivity index (χ0v) is 18.1. The first-order valence-corrected chi connectivity index (χ1v) is 11.5. The quantitative estimate of drug-likeness (QED) is 0.532. The molecule has 2 aromatic carbocycles. The van der Waals surface area contributed by atoms with Crippen LogP contribution in [0.1, 0.15) is 24.2 Å². The molecule has 0 fully saturated rings. The number of benzene rings is 2. The molecule has 0 saturated carbocycles. The van der Waals surface area contributed by atoms with E-state index in [2.05, 4.69) is 10.3 Å². The summed E-state index contributed by atoms with van der Waals surface area (Å²) in [6.45, 7) is 3.74. The van der Waals surface area contributed by atoms with Gasteiger partial charge in [-0.3, -0.25) is 10.1 Å². The van der Waals surface area contributed by atoms with Crippen LogP contribution in [0, 0.1) is 0 Å². The number of hydrogen-bond acceptors (Lipinski definition) is 7. The third kappa shape index (κ3) is 4.84. The van der Waals surface area contributed by atoms with Crippen LogP contribution in [0.2, 0.25) is 0 Å². The average Bonchev–Trinajstić information content (AvgIpc) is 3.15. The van der Waals surface area contributed by atoms with Crippen molar-refractivity contribution in [1.29, 1.82) is 0 Å². The molecule has 30 heavy (non-hydrogen) atoms. The summed E-state index contributed by atoms with van der Waals surface area (Å²) in [5.41, 5.74) is 0.927. The maximum Gasteiger partial charge on any atom is 0.338 e. The summed E-state index contributed by atoms with van der Waals surface area (Å²) in [5.74, 6) is -1.23. The van der Waals surface area contributed by atoms with E-state index in [1.165, 1.54) is 39.9 Å². The van der Waals surface area contributed by atoms with Gasteiger partial charge in [-0.2, -0.15) is 4.31 Å². The van der Waals surface area contributed by atoms with Gasteiger partial charge in [0.2, 0.25) is 10.0 Å². The Morgan fingerprint density at radius 2 is 1.73 bits per heavy atom. The molecule has 0 radical (unpaired) electrons. The molecular formula is C20H21N3O5S2. The van der Waals surface area contributed by atoms with E-state index in [1.54, 1.807) is 13.8 Å². The molecule has 0 spiro atoms. The molecule has 1 N–H and O–H groups in total. The number of hydrogen-bond donors (Lipinski definition) is 1. The number of carbonyl (C=O) groups excluding carboxylic acids is 2. The number of para-hydroxylation sites is 1. The minimum Gasteiger partial charge on any atom is -0.452 e. The summed E-state index contributed by atoms with van der Waals surface area (Å²) in [5, 5.41) is 3.02. The molecule has 0 saturated heterocycles. The maximum atomic E-state index is 12.5. The van der Waals surface area contributed by atoms with Crippen LogP contribution in [0.5, 0.6) is 0 Å². The molecule has 8 nitrogen and oxygen atoms in total. The van der Waals surface area contributed by atoms with Crippen LogP contribution < -0.4 is 5.32 Å². The van der Waals surface area contributed by atoms with Crippen LogP contribution in [-0.4, -0.2) is 49.3 Å². The van der Waals surface area contributed by atoms with Crippen molar-refractivity contribution in [2.75, 3.05) is 25.0 Å². The van der Waals surface area contributed by atoms with Crippen molar-refractivity contribution >= 4 is 48.6 Å². The SMILES string of the molecule is CCN(CC)S(=O)(=O)c1ccc(C(=O)OCC(=O)Nc2nc3ccccc3s2)cc1. The van der Waals surface area contributed by atoms with Crippen LogP contribution in [0.25, 0.3) is 10.2 Å². The third-order valence-electron chi connectivity index (χ3n) is 4.31. The highest BCUT2D eigenvalue weighted by atomic mass is 32.2. The Kier molecular flexibility index (Phi) is 6.80. The molecule has 0 bridgehead atoms. The lowest BCUT2D eigenvalue weighted by atomic mass is 10.2. The molecule has 3 aromatic rings. The van der Waals surface area contributed by atoms with Gasteiger partial charge in [0.05, 0.1) is 20.7 Å². The number of esters is 1. The van der Waals surface area contributed by atoms with Gasteiger partial charge >= 0.3 is 5.97 Å². The normalized spacial score (nSPS) is 11.6. The lowest BCUT2D eigenvalue weighted by Gasteiger charge is -2.18. The summed E-state index contributed by atoms with van der Waals surface area (Å²) >= 11 is 1.32. The van der Waals surface area contributed by atoms with E-state index in [-0.39, 0.29) is 10.5 Å². The topological polar surface area (TPSA) is 106 Å². The smallest absolute Gasteiger partial charge is 0.338 e. The number of fused-ring (bicyclic) bond motifs is 1. The van der Waals surface area contributed by atoms with Crippen LogP contribution in [-0.2, 0) is 19.6 Å². The molecule has 1 aromatic heterocycles. The molecule has 1 amide bonds. The van der Waals surface area contributed by atoms with Gasteiger partial charge < -0.3 is 4.74 Å². The van der Waals surface area contributed by atoms with E-state index >= 15 is 0 Å². The number of rotatable bonds is 8. The number of aromatic nitrogens is 1. The number of anilines is 1. The van der Waals surface area contributed by atoms with Crippen molar-refractivity contribution in [3.05, 3.63) is 54.1 Å². The van der Waals surface area contributed by atoms with Crippen molar-refractivity contribution in [3.63, 3.8) is 0 Å². The van der Waals surface area contributed by atoms with Crippen LogP contribution in [0.3, 0.4) is 0 Å². The first-order valence-electron chi connectivity index (χ1n) is 9.28. The predicted molar refractivity (Wildman–Crippen MR) is 115 cm³/mol. The highest BCUT2D eigenvalue weighted by Gasteiger charge is 2.22. The van der Waals surface area contributed by atoms with Crippen molar-refractivity contribution < 1.29 is 22.7 Å². The molecule has 3 rings (SSSR count). The lowest BCUT2D eigenvalue weighted by Crippen LogP contribution is -2.30. The third-order valence-corrected chi connectivity index (χ3v) is 7.32. The predicted octanol–water partition coefficient (Wildman–Crippen LogP) is 3.12. The van der Waals surface area contributed by atoms with Crippen LogP contribution >= 0.6 is 11.3 Å². The molecule has 10 heteroatoms. The Hall–Kier alpha value is -2.82. The summed E-state index contributed by atoms with van der Waals surface area (Å²) < 4.78 is 32.2. The second-order valence-electron chi connectivity index (χ2n) is 6.22. The largest absolute Gasteiger partial charge is 0.452 e. The summed E-state index contributed by atoms with van der Waals surface area (Å²) in [6.07, 6.45) is 0. The van der Waals surface area contributed by atoms with Gasteiger partial charge in [0.15, 0.2) is 11.7 Å². The molecule has 0 unspecified atom stereocenters. The van der Waals surface area contributed by atoms with Gasteiger partial charge in [0.1, 0.15) is 0 Å². The lowest BCUT2D eigenvalue weighted by molar-refractivity contribution is -0.119. The van der Waals surface area contributed by atoms with E-state index < -0.39 is 28.5 Å². The first-order chi connectivity index (χ1) is 14.3. The number of amides is 1. The van der Waals surface area contributed by atoms with E-state index in [0.29, 0.717) is 18.2 Å². The molecule has 0 aliphatic carbocycles. The zero-order chi connectivity index (χ0) is 21.7. The highest BCUT2D eigenvalue weighted by Crippen LogP contribution is 2.25. The van der Waals surface area contributed by atoms with Crippen molar-refractivity contribution in [3.8, 4) is 0 Å². The molecule has 0 aliphatic rings. The second-order valence-corrected chi connectivity index (χ2v) is 9.19. The van der Waals surface area contributed by atoms with Gasteiger partial charge in [0.25, 0.3) is 5.91 Å². The fourth-order valence-electron chi connectivity index (χ4n) is 2.77. The van der Waals surface area contributed by atoms with E-state index in [9.17, 15) is 18.0 Å². The Morgan fingerprint density at radius 1 is 1.07 bits per heavy atom. The molecule has 0 atom stereocenters. The van der Waals surface area contributed by atoms with Crippen molar-refractivity contribution in [2.45, 2.75) is 18.7 Å². The van der Waals surface area contributed by atoms with Gasteiger partial charge in [-0.1, -0.05) is 37.3 Å². The fourth-order valence-corrected chi connectivity index (χ4v) is 5.11. The minimum absolute atomic E-state index is 0.0938. The van der Waals surface area contributed by atoms with E-state index in [1.807, 2.05) is 24.3 Å². The van der Waals surface area contributed by atoms with Gasteiger partial charge in [-0.25, -0.2) is 18.2 Å². The van der Waals surface area contributed by atoms with Crippen molar-refractivity contribution in [1.82, 2.24) is 9.29 Å². The van der Waals surface area contributed by atoms with E-state index in [0.717, 1.165) is 10.2 Å². The monoisotopic (exact) mass is 447 g/mol. The molecule has 158 valence electrons. The Morgan fingerprint density at radius 3 is 2.37 bits per heavy atom. The number of sulfonamides is 1. The molecular weight excluding hydrogens is 426 g/mol. The Bertz CT molecular complexity index is 1120. The van der Waals surface area contributed by atoms with E-state index in [4.69, 9.17) is 4.74 Å². The molecule has 0 aliphatic heterocycles. The number of nitrogens with one attached hydrogen (secondary N) is 1.